The highest BCUT2D eigenvalue weighted by Gasteiger charge is 2.05. The van der Waals surface area contributed by atoms with E-state index in [2.05, 4.69) is 40.7 Å². The Morgan fingerprint density at radius 2 is 1.92 bits per heavy atom. The molecule has 3 rings (SSSR count). The van der Waals surface area contributed by atoms with Gasteiger partial charge in [-0.2, -0.15) is 5.10 Å². The smallest absolute Gasteiger partial charge is 0.214 e. The molecule has 3 aromatic rings. The Hall–Kier alpha value is -2.60. The summed E-state index contributed by atoms with van der Waals surface area (Å²) in [4.78, 5) is 0. The quantitative estimate of drug-likeness (QED) is 0.595. The fourth-order valence-electron chi connectivity index (χ4n) is 2.54. The molecule has 0 saturated carbocycles. The monoisotopic (exact) mass is 354 g/mol. The summed E-state index contributed by atoms with van der Waals surface area (Å²) < 4.78 is 8.31. The van der Waals surface area contributed by atoms with Crippen LogP contribution >= 0.6 is 12.2 Å². The van der Waals surface area contributed by atoms with Gasteiger partial charge in [-0.15, -0.1) is 0 Å². The van der Waals surface area contributed by atoms with Gasteiger partial charge in [0.25, 0.3) is 0 Å². The zero-order chi connectivity index (χ0) is 17.5. The Balaban J connectivity index is 1.62. The predicted molar refractivity (Wildman–Crippen MR) is 102 cm³/mol. The van der Waals surface area contributed by atoms with Gasteiger partial charge in [-0.3, -0.25) is 5.10 Å². The normalized spacial score (nSPS) is 10.6. The minimum atomic E-state index is 0.561. The predicted octanol–water partition coefficient (Wildman–Crippen LogP) is 4.22. The molecule has 0 atom stereocenters. The standard InChI is InChI=1S/C19H22N4OS/c1-2-7-18-21-22-19(25)23(18)20-13-16-10-6-11-17(12-16)24-14-15-8-4-3-5-9-15/h3-6,8-12,20H,2,7,13-14H2,1H3,(H,22,25). The molecule has 0 unspecified atom stereocenters. The molecule has 0 amide bonds. The molecule has 1 heterocycles. The lowest BCUT2D eigenvalue weighted by Gasteiger charge is -2.11. The Morgan fingerprint density at radius 1 is 1.12 bits per heavy atom. The van der Waals surface area contributed by atoms with Crippen molar-refractivity contribution in [3.05, 3.63) is 76.3 Å². The fourth-order valence-corrected chi connectivity index (χ4v) is 2.76. The van der Waals surface area contributed by atoms with E-state index in [1.807, 2.05) is 41.1 Å². The number of ether oxygens (including phenoxy) is 1. The van der Waals surface area contributed by atoms with E-state index in [1.54, 1.807) is 0 Å². The molecule has 2 aromatic carbocycles. The second-order valence-corrected chi connectivity index (χ2v) is 6.17. The molecule has 0 aliphatic rings. The molecule has 1 aromatic heterocycles. The van der Waals surface area contributed by atoms with Crippen LogP contribution in [0.1, 0.15) is 30.3 Å². The van der Waals surface area contributed by atoms with Crippen molar-refractivity contribution in [2.75, 3.05) is 5.43 Å². The van der Waals surface area contributed by atoms with Crippen LogP contribution in [0.5, 0.6) is 5.75 Å². The molecule has 0 radical (unpaired) electrons. The van der Waals surface area contributed by atoms with Gasteiger partial charge in [0.15, 0.2) is 5.82 Å². The summed E-state index contributed by atoms with van der Waals surface area (Å²) in [7, 11) is 0. The molecule has 5 nitrogen and oxygen atoms in total. The number of hydrogen-bond donors (Lipinski definition) is 2. The van der Waals surface area contributed by atoms with E-state index >= 15 is 0 Å². The average Bonchev–Trinajstić information content (AvgIpc) is 2.99. The number of hydrogen-bond acceptors (Lipinski definition) is 4. The van der Waals surface area contributed by atoms with E-state index in [4.69, 9.17) is 17.0 Å². The van der Waals surface area contributed by atoms with Crippen molar-refractivity contribution >= 4 is 12.2 Å². The maximum atomic E-state index is 5.88. The molecule has 2 N–H and O–H groups in total. The zero-order valence-corrected chi connectivity index (χ0v) is 15.1. The van der Waals surface area contributed by atoms with Gasteiger partial charge in [-0.1, -0.05) is 49.4 Å². The van der Waals surface area contributed by atoms with Crippen LogP contribution in [0.25, 0.3) is 0 Å². The first-order valence-corrected chi connectivity index (χ1v) is 8.83. The highest BCUT2D eigenvalue weighted by atomic mass is 32.1. The number of aryl methyl sites for hydroxylation is 1. The highest BCUT2D eigenvalue weighted by molar-refractivity contribution is 7.71. The minimum absolute atomic E-state index is 0.561. The second-order valence-electron chi connectivity index (χ2n) is 5.79. The van der Waals surface area contributed by atoms with Crippen molar-refractivity contribution in [1.82, 2.24) is 14.9 Å². The highest BCUT2D eigenvalue weighted by Crippen LogP contribution is 2.15. The lowest BCUT2D eigenvalue weighted by molar-refractivity contribution is 0.306. The van der Waals surface area contributed by atoms with Crippen LogP contribution in [0.4, 0.5) is 0 Å². The number of aromatic amines is 1. The summed E-state index contributed by atoms with van der Waals surface area (Å²) in [5.74, 6) is 1.77. The van der Waals surface area contributed by atoms with E-state index in [1.165, 1.54) is 0 Å². The Morgan fingerprint density at radius 3 is 2.72 bits per heavy atom. The topological polar surface area (TPSA) is 54.9 Å². The number of rotatable bonds is 8. The lowest BCUT2D eigenvalue weighted by Crippen LogP contribution is -2.17. The summed E-state index contributed by atoms with van der Waals surface area (Å²) in [5, 5.41) is 7.09. The third-order valence-corrected chi connectivity index (χ3v) is 4.08. The second kappa shape index (κ2) is 8.48. The Kier molecular flexibility index (Phi) is 5.85. The van der Waals surface area contributed by atoms with Gasteiger partial charge in [0, 0.05) is 6.42 Å². The minimum Gasteiger partial charge on any atom is -0.489 e. The molecular formula is C19H22N4OS. The molecule has 0 aliphatic heterocycles. The van der Waals surface area contributed by atoms with Gasteiger partial charge in [0.1, 0.15) is 12.4 Å². The SMILES string of the molecule is CCCc1n[nH]c(=S)n1NCc1cccc(OCc2ccccc2)c1. The summed E-state index contributed by atoms with van der Waals surface area (Å²) in [6.45, 7) is 3.33. The van der Waals surface area contributed by atoms with Gasteiger partial charge >= 0.3 is 0 Å². The zero-order valence-electron chi connectivity index (χ0n) is 14.2. The first-order valence-electron chi connectivity index (χ1n) is 8.42. The van der Waals surface area contributed by atoms with Crippen molar-refractivity contribution in [3.63, 3.8) is 0 Å². The molecule has 0 bridgehead atoms. The van der Waals surface area contributed by atoms with Crippen LogP contribution in [0.3, 0.4) is 0 Å². The first-order chi connectivity index (χ1) is 12.3. The molecule has 0 spiro atoms. The van der Waals surface area contributed by atoms with Crippen molar-refractivity contribution in [2.24, 2.45) is 0 Å². The molecular weight excluding hydrogens is 332 g/mol. The van der Waals surface area contributed by atoms with E-state index in [0.29, 0.717) is 17.9 Å². The van der Waals surface area contributed by atoms with Crippen molar-refractivity contribution < 1.29 is 4.74 Å². The average molecular weight is 354 g/mol. The molecule has 0 saturated heterocycles. The van der Waals surface area contributed by atoms with Crippen LogP contribution in [-0.4, -0.2) is 14.9 Å². The summed E-state index contributed by atoms with van der Waals surface area (Å²) in [5.41, 5.74) is 5.60. The molecule has 6 heteroatoms. The Labute approximate surface area is 152 Å². The fraction of sp³-hybridized carbons (Fsp3) is 0.263. The largest absolute Gasteiger partial charge is 0.489 e. The maximum Gasteiger partial charge on any atom is 0.214 e. The lowest BCUT2D eigenvalue weighted by atomic mass is 10.2. The third-order valence-electron chi connectivity index (χ3n) is 3.80. The van der Waals surface area contributed by atoms with Crippen LogP contribution in [0.2, 0.25) is 0 Å². The van der Waals surface area contributed by atoms with Gasteiger partial charge < -0.3 is 10.2 Å². The number of benzene rings is 2. The summed E-state index contributed by atoms with van der Waals surface area (Å²) in [6, 6.07) is 18.2. The number of aromatic nitrogens is 3. The number of H-pyrrole nitrogens is 1. The third kappa shape index (κ3) is 4.70. The van der Waals surface area contributed by atoms with Crippen molar-refractivity contribution in [3.8, 4) is 5.75 Å². The van der Waals surface area contributed by atoms with Gasteiger partial charge in [-0.25, -0.2) is 4.68 Å². The van der Waals surface area contributed by atoms with Crippen LogP contribution in [-0.2, 0) is 19.6 Å². The number of nitrogens with one attached hydrogen (secondary N) is 2. The van der Waals surface area contributed by atoms with E-state index in [-0.39, 0.29) is 0 Å². The van der Waals surface area contributed by atoms with Crippen LogP contribution in [0.15, 0.2) is 54.6 Å². The van der Waals surface area contributed by atoms with Gasteiger partial charge in [0.05, 0.1) is 6.54 Å². The van der Waals surface area contributed by atoms with Crippen LogP contribution < -0.4 is 10.2 Å². The Bertz CT molecular complexity index is 857. The number of nitrogens with zero attached hydrogens (tertiary/aromatic N) is 2. The van der Waals surface area contributed by atoms with E-state index < -0.39 is 0 Å². The maximum absolute atomic E-state index is 5.88. The molecule has 25 heavy (non-hydrogen) atoms. The van der Waals surface area contributed by atoms with Crippen molar-refractivity contribution in [1.29, 1.82) is 0 Å². The molecule has 0 aliphatic carbocycles. The van der Waals surface area contributed by atoms with Gasteiger partial charge in [0.2, 0.25) is 4.77 Å². The van der Waals surface area contributed by atoms with Gasteiger partial charge in [-0.05, 0) is 41.9 Å². The molecule has 0 fully saturated rings. The van der Waals surface area contributed by atoms with E-state index in [0.717, 1.165) is 35.5 Å². The van der Waals surface area contributed by atoms with E-state index in [9.17, 15) is 0 Å². The summed E-state index contributed by atoms with van der Waals surface area (Å²) >= 11 is 5.28. The van der Waals surface area contributed by atoms with Crippen LogP contribution in [0, 0.1) is 4.77 Å². The first kappa shape index (κ1) is 17.2. The van der Waals surface area contributed by atoms with Crippen molar-refractivity contribution in [2.45, 2.75) is 32.9 Å². The summed E-state index contributed by atoms with van der Waals surface area (Å²) in [6.07, 6.45) is 1.89. The molecule has 130 valence electrons.